The minimum atomic E-state index is -0.678. The van der Waals surface area contributed by atoms with Crippen molar-refractivity contribution in [3.8, 4) is 0 Å². The summed E-state index contributed by atoms with van der Waals surface area (Å²) in [7, 11) is -0.678. The van der Waals surface area contributed by atoms with E-state index in [0.717, 1.165) is 5.92 Å². The van der Waals surface area contributed by atoms with Crippen LogP contribution >= 0.6 is 7.92 Å². The first-order valence-electron chi connectivity index (χ1n) is 9.66. The van der Waals surface area contributed by atoms with Crippen molar-refractivity contribution in [2.24, 2.45) is 0 Å². The van der Waals surface area contributed by atoms with Gasteiger partial charge in [-0.25, -0.2) is 0 Å². The molecule has 0 heterocycles. The number of esters is 1. The molecule has 0 aromatic heterocycles. The van der Waals surface area contributed by atoms with E-state index in [4.69, 9.17) is 4.74 Å². The van der Waals surface area contributed by atoms with Crippen molar-refractivity contribution < 1.29 is 26.6 Å². The second kappa shape index (κ2) is 13.3. The molecule has 4 rings (SSSR count). The second-order valence-corrected chi connectivity index (χ2v) is 8.77. The molecule has 2 aromatic carbocycles. The van der Waals surface area contributed by atoms with Crippen molar-refractivity contribution in [3.05, 3.63) is 124 Å². The molecule has 4 heteroatoms. The topological polar surface area (TPSA) is 26.3 Å². The maximum absolute atomic E-state index is 11.4. The first-order valence-corrected chi connectivity index (χ1v) is 11.0. The number of hydrogen-bond donors (Lipinski definition) is 0. The fourth-order valence-electron chi connectivity index (χ4n) is 3.19. The Kier molecular flexibility index (Phi) is 11.1. The van der Waals surface area contributed by atoms with Gasteiger partial charge in [-0.15, -0.1) is 0 Å². The SMILES string of the molecule is CC(=O)O[C@H](C)[C]1[CH][CH][CH][C]1P(c1ccccc1)c1ccccc1.[CH]1[CH][CH][CH][CH]1.[Fe+2]. The molecule has 2 saturated carbocycles. The Morgan fingerprint density at radius 3 is 1.67 bits per heavy atom. The molecule has 0 saturated heterocycles. The molecule has 2 aliphatic carbocycles. The van der Waals surface area contributed by atoms with Gasteiger partial charge < -0.3 is 4.74 Å². The van der Waals surface area contributed by atoms with Crippen LogP contribution in [0, 0.1) is 62.9 Å². The van der Waals surface area contributed by atoms with Crippen molar-refractivity contribution >= 4 is 24.5 Å². The van der Waals surface area contributed by atoms with Crippen LogP contribution < -0.4 is 10.6 Å². The third-order valence-corrected chi connectivity index (χ3v) is 6.95. The van der Waals surface area contributed by atoms with Crippen molar-refractivity contribution in [1.29, 1.82) is 0 Å². The molecule has 10 radical (unpaired) electrons. The van der Waals surface area contributed by atoms with E-state index in [2.05, 4.69) is 61.4 Å². The average Bonchev–Trinajstić information content (AvgIpc) is 3.45. The summed E-state index contributed by atoms with van der Waals surface area (Å²) in [6.45, 7) is 3.39. The Morgan fingerprint density at radius 2 is 1.23 bits per heavy atom. The van der Waals surface area contributed by atoms with Gasteiger partial charge in [-0.1, -0.05) is 60.7 Å². The molecular formula is C26H25FeO2P+2. The first-order chi connectivity index (χ1) is 14.2. The van der Waals surface area contributed by atoms with Crippen LogP contribution in [0.1, 0.15) is 13.8 Å². The van der Waals surface area contributed by atoms with Gasteiger partial charge in [0.25, 0.3) is 0 Å². The third kappa shape index (κ3) is 7.23. The summed E-state index contributed by atoms with van der Waals surface area (Å²) in [4.78, 5) is 11.4. The number of carbonyl (C=O) groups is 1. The summed E-state index contributed by atoms with van der Waals surface area (Å²) >= 11 is 0. The first kappa shape index (κ1) is 25.1. The van der Waals surface area contributed by atoms with E-state index < -0.39 is 7.92 Å². The molecule has 0 spiro atoms. The van der Waals surface area contributed by atoms with Crippen molar-refractivity contribution in [3.63, 3.8) is 0 Å². The van der Waals surface area contributed by atoms with Crippen LogP contribution in [-0.2, 0) is 26.6 Å². The second-order valence-electron chi connectivity index (χ2n) is 6.59. The van der Waals surface area contributed by atoms with Gasteiger partial charge in [-0.05, 0) is 76.8 Å². The number of rotatable bonds is 5. The summed E-state index contributed by atoms with van der Waals surface area (Å²) in [5.74, 6) is 0.836. The molecule has 2 nitrogen and oxygen atoms in total. The van der Waals surface area contributed by atoms with Gasteiger partial charge in [0.1, 0.15) is 6.10 Å². The van der Waals surface area contributed by atoms with Crippen LogP contribution in [0.15, 0.2) is 60.7 Å². The molecule has 152 valence electrons. The van der Waals surface area contributed by atoms with Crippen LogP contribution in [0.3, 0.4) is 0 Å². The van der Waals surface area contributed by atoms with Crippen molar-refractivity contribution in [1.82, 2.24) is 0 Å². The van der Waals surface area contributed by atoms with Gasteiger partial charge in [0.05, 0.1) is 0 Å². The van der Waals surface area contributed by atoms with E-state index in [1.165, 1.54) is 23.2 Å². The molecule has 0 N–H and O–H groups in total. The fraction of sp³-hybridized carbons (Fsp3) is 0.115. The van der Waals surface area contributed by atoms with Gasteiger partial charge >= 0.3 is 23.0 Å². The standard InChI is InChI=1S/C21H20O2P.C5H5.Fe/c1-16(23-17(2)22)20-14-9-15-21(20)24(18-10-5-3-6-11-18)19-12-7-4-8-13-19;1-2-4-5-3-1;/h3-16H,1-2H3;1-5H;/q;;+2/t16-;;/m1../s1. The van der Waals surface area contributed by atoms with E-state index in [-0.39, 0.29) is 29.1 Å². The molecule has 0 bridgehead atoms. The summed E-state index contributed by atoms with van der Waals surface area (Å²) in [6.07, 6.45) is 16.0. The van der Waals surface area contributed by atoms with Crippen LogP contribution in [-0.4, -0.2) is 12.1 Å². The molecule has 2 aromatic rings. The number of hydrogen-bond acceptors (Lipinski definition) is 2. The smallest absolute Gasteiger partial charge is 0.462 e. The minimum Gasteiger partial charge on any atom is -0.462 e. The summed E-state index contributed by atoms with van der Waals surface area (Å²) in [5.41, 5.74) is 1.25. The van der Waals surface area contributed by atoms with Crippen LogP contribution in [0.2, 0.25) is 0 Å². The van der Waals surface area contributed by atoms with Crippen LogP contribution in [0.25, 0.3) is 0 Å². The van der Waals surface area contributed by atoms with Gasteiger partial charge in [-0.2, -0.15) is 0 Å². The predicted octanol–water partition coefficient (Wildman–Crippen LogP) is 4.82. The number of benzene rings is 2. The van der Waals surface area contributed by atoms with Crippen molar-refractivity contribution in [2.75, 3.05) is 0 Å². The molecular weight excluding hydrogens is 431 g/mol. The maximum Gasteiger partial charge on any atom is 2.00 e. The molecule has 0 unspecified atom stereocenters. The van der Waals surface area contributed by atoms with Gasteiger partial charge in [0.2, 0.25) is 0 Å². The average molecular weight is 456 g/mol. The zero-order chi connectivity index (χ0) is 20.5. The quantitative estimate of drug-likeness (QED) is 0.366. The van der Waals surface area contributed by atoms with Gasteiger partial charge in [0, 0.05) is 18.5 Å². The molecule has 0 aliphatic heterocycles. The summed E-state index contributed by atoms with van der Waals surface area (Å²) in [5, 5.41) is 2.59. The Morgan fingerprint density at radius 1 is 0.767 bits per heavy atom. The summed E-state index contributed by atoms with van der Waals surface area (Å²) < 4.78 is 5.43. The van der Waals surface area contributed by atoms with Crippen LogP contribution in [0.5, 0.6) is 0 Å². The number of ether oxygens (including phenoxy) is 1. The van der Waals surface area contributed by atoms with Gasteiger partial charge in [0.15, 0.2) is 0 Å². The summed E-state index contributed by atoms with van der Waals surface area (Å²) in [6, 6.07) is 21.1. The largest absolute Gasteiger partial charge is 2.00 e. The number of carbonyl (C=O) groups excluding carboxylic acids is 1. The predicted molar refractivity (Wildman–Crippen MR) is 121 cm³/mol. The molecule has 30 heavy (non-hydrogen) atoms. The normalized spacial score (nSPS) is 17.7. The molecule has 2 fully saturated rings. The van der Waals surface area contributed by atoms with E-state index in [9.17, 15) is 4.79 Å². The molecule has 1 atom stereocenters. The van der Waals surface area contributed by atoms with Gasteiger partial charge in [-0.3, -0.25) is 4.79 Å². The zero-order valence-corrected chi connectivity index (χ0v) is 19.1. The third-order valence-electron chi connectivity index (χ3n) is 4.43. The van der Waals surface area contributed by atoms with E-state index in [1.54, 1.807) is 0 Å². The Hall–Kier alpha value is -1.14. The van der Waals surface area contributed by atoms with Crippen LogP contribution in [0.4, 0.5) is 0 Å². The van der Waals surface area contributed by atoms with Crippen molar-refractivity contribution in [2.45, 2.75) is 20.0 Å². The van der Waals surface area contributed by atoms with E-state index in [0.29, 0.717) is 0 Å². The monoisotopic (exact) mass is 456 g/mol. The minimum absolute atomic E-state index is 0. The zero-order valence-electron chi connectivity index (χ0n) is 17.1. The molecule has 2 aliphatic rings. The van der Waals surface area contributed by atoms with E-state index in [1.807, 2.05) is 57.6 Å². The molecule has 0 amide bonds. The Labute approximate surface area is 194 Å². The fourth-order valence-corrected chi connectivity index (χ4v) is 5.73. The maximum atomic E-state index is 11.4. The Balaban J connectivity index is 0.000000468. The van der Waals surface area contributed by atoms with E-state index >= 15 is 0 Å². The Bertz CT molecular complexity index is 686.